The number of aromatic amines is 1. The third-order valence-corrected chi connectivity index (χ3v) is 3.07. The van der Waals surface area contributed by atoms with Gasteiger partial charge < -0.3 is 20.4 Å². The molecule has 0 radical (unpaired) electrons. The number of fused-ring (bicyclic) bond motifs is 1. The van der Waals surface area contributed by atoms with E-state index in [9.17, 15) is 0 Å². The Labute approximate surface area is 113 Å². The quantitative estimate of drug-likeness (QED) is 0.627. The number of nitrogens with zero attached hydrogens (tertiary/aromatic N) is 1. The highest BCUT2D eigenvalue weighted by atomic mass is 16.5. The van der Waals surface area contributed by atoms with Gasteiger partial charge in [0.1, 0.15) is 0 Å². The first kappa shape index (κ1) is 14.0. The lowest BCUT2D eigenvalue weighted by atomic mass is 10.2. The van der Waals surface area contributed by atoms with Crippen LogP contribution < -0.4 is 10.6 Å². The number of nitrogens with one attached hydrogen (secondary N) is 3. The van der Waals surface area contributed by atoms with Gasteiger partial charge in [0.15, 0.2) is 0 Å². The average molecular weight is 262 g/mol. The van der Waals surface area contributed by atoms with Gasteiger partial charge in [0.25, 0.3) is 0 Å². The van der Waals surface area contributed by atoms with Crippen LogP contribution in [0.1, 0.15) is 12.5 Å². The molecular weight excluding hydrogens is 240 g/mol. The number of benzene rings is 1. The van der Waals surface area contributed by atoms with Gasteiger partial charge in [0.05, 0.1) is 24.0 Å². The standard InChI is InChI=1S/C14H22N4O/c1-11(8-15-5-6-19-2)16-9-12-3-4-13-14(7-12)18-10-17-13/h3-4,7,10-11,15-16H,5-6,8-9H2,1-2H3,(H,17,18). The summed E-state index contributed by atoms with van der Waals surface area (Å²) in [6.07, 6.45) is 1.73. The molecule has 19 heavy (non-hydrogen) atoms. The molecule has 0 saturated carbocycles. The van der Waals surface area contributed by atoms with Crippen molar-refractivity contribution in [2.45, 2.75) is 19.5 Å². The Morgan fingerprint density at radius 2 is 2.32 bits per heavy atom. The first-order valence-electron chi connectivity index (χ1n) is 6.64. The van der Waals surface area contributed by atoms with Crippen LogP contribution >= 0.6 is 0 Å². The zero-order chi connectivity index (χ0) is 13.5. The van der Waals surface area contributed by atoms with Crippen molar-refractivity contribution in [3.8, 4) is 0 Å². The number of rotatable bonds is 8. The summed E-state index contributed by atoms with van der Waals surface area (Å²) >= 11 is 0. The third kappa shape index (κ3) is 4.31. The van der Waals surface area contributed by atoms with Crippen molar-refractivity contribution >= 4 is 11.0 Å². The number of H-pyrrole nitrogens is 1. The van der Waals surface area contributed by atoms with Gasteiger partial charge in [0.2, 0.25) is 0 Å². The molecule has 1 aromatic carbocycles. The van der Waals surface area contributed by atoms with Gasteiger partial charge in [0, 0.05) is 32.8 Å². The smallest absolute Gasteiger partial charge is 0.0931 e. The van der Waals surface area contributed by atoms with E-state index in [1.54, 1.807) is 13.4 Å². The maximum absolute atomic E-state index is 4.99. The van der Waals surface area contributed by atoms with E-state index in [1.165, 1.54) is 5.56 Å². The van der Waals surface area contributed by atoms with E-state index in [4.69, 9.17) is 4.74 Å². The zero-order valence-corrected chi connectivity index (χ0v) is 11.6. The van der Waals surface area contributed by atoms with Crippen LogP contribution in [0, 0.1) is 0 Å². The Kier molecular flexibility index (Phi) is 5.32. The summed E-state index contributed by atoms with van der Waals surface area (Å²) in [5.74, 6) is 0. The van der Waals surface area contributed by atoms with E-state index in [1.807, 2.05) is 6.07 Å². The Morgan fingerprint density at radius 1 is 1.42 bits per heavy atom. The first-order chi connectivity index (χ1) is 9.29. The fourth-order valence-electron chi connectivity index (χ4n) is 1.95. The van der Waals surface area contributed by atoms with E-state index in [-0.39, 0.29) is 0 Å². The number of aromatic nitrogens is 2. The molecule has 0 amide bonds. The molecule has 1 heterocycles. The van der Waals surface area contributed by atoms with Crippen molar-refractivity contribution in [3.63, 3.8) is 0 Å². The minimum atomic E-state index is 0.425. The summed E-state index contributed by atoms with van der Waals surface area (Å²) in [6, 6.07) is 6.72. The molecule has 0 saturated heterocycles. The molecule has 1 aromatic heterocycles. The Hall–Kier alpha value is -1.43. The molecule has 2 rings (SSSR count). The highest BCUT2D eigenvalue weighted by Gasteiger charge is 2.02. The van der Waals surface area contributed by atoms with Crippen LogP contribution in [0.5, 0.6) is 0 Å². The molecule has 0 bridgehead atoms. The average Bonchev–Trinajstić information content (AvgIpc) is 2.89. The highest BCUT2D eigenvalue weighted by Crippen LogP contribution is 2.11. The Bertz CT molecular complexity index is 497. The van der Waals surface area contributed by atoms with Crippen molar-refractivity contribution in [1.29, 1.82) is 0 Å². The van der Waals surface area contributed by atoms with E-state index >= 15 is 0 Å². The molecule has 0 aliphatic rings. The summed E-state index contributed by atoms with van der Waals surface area (Å²) in [5, 5.41) is 6.84. The minimum absolute atomic E-state index is 0.425. The Morgan fingerprint density at radius 3 is 3.16 bits per heavy atom. The second-order valence-electron chi connectivity index (χ2n) is 4.73. The van der Waals surface area contributed by atoms with Gasteiger partial charge >= 0.3 is 0 Å². The maximum Gasteiger partial charge on any atom is 0.0931 e. The molecule has 3 N–H and O–H groups in total. The number of hydrogen-bond donors (Lipinski definition) is 3. The fourth-order valence-corrected chi connectivity index (χ4v) is 1.95. The molecule has 5 nitrogen and oxygen atoms in total. The van der Waals surface area contributed by atoms with Crippen LogP contribution in [0.3, 0.4) is 0 Å². The lowest BCUT2D eigenvalue weighted by Crippen LogP contribution is -2.37. The van der Waals surface area contributed by atoms with Gasteiger partial charge in [-0.15, -0.1) is 0 Å². The Balaban J connectivity index is 1.74. The van der Waals surface area contributed by atoms with Crippen LogP contribution in [0.4, 0.5) is 0 Å². The molecule has 0 fully saturated rings. The molecule has 0 spiro atoms. The van der Waals surface area contributed by atoms with E-state index < -0.39 is 0 Å². The zero-order valence-electron chi connectivity index (χ0n) is 11.6. The normalized spacial score (nSPS) is 12.9. The lowest BCUT2D eigenvalue weighted by molar-refractivity contribution is 0.198. The van der Waals surface area contributed by atoms with Crippen molar-refractivity contribution in [1.82, 2.24) is 20.6 Å². The monoisotopic (exact) mass is 262 g/mol. The number of hydrogen-bond acceptors (Lipinski definition) is 4. The molecule has 1 atom stereocenters. The molecule has 0 aliphatic carbocycles. The molecule has 1 unspecified atom stereocenters. The van der Waals surface area contributed by atoms with E-state index in [0.29, 0.717) is 6.04 Å². The largest absolute Gasteiger partial charge is 0.383 e. The number of methoxy groups -OCH3 is 1. The van der Waals surface area contributed by atoms with Gasteiger partial charge in [-0.2, -0.15) is 0 Å². The summed E-state index contributed by atoms with van der Waals surface area (Å²) in [5.41, 5.74) is 3.36. The van der Waals surface area contributed by atoms with Crippen LogP contribution in [-0.2, 0) is 11.3 Å². The highest BCUT2D eigenvalue weighted by molar-refractivity contribution is 5.74. The maximum atomic E-state index is 4.99. The predicted molar refractivity (Wildman–Crippen MR) is 77.1 cm³/mol. The van der Waals surface area contributed by atoms with Crippen LogP contribution in [0.25, 0.3) is 11.0 Å². The summed E-state index contributed by atoms with van der Waals surface area (Å²) in [4.78, 5) is 7.35. The first-order valence-corrected chi connectivity index (χ1v) is 6.64. The summed E-state index contributed by atoms with van der Waals surface area (Å²) in [6.45, 7) is 5.62. The fraction of sp³-hybridized carbons (Fsp3) is 0.500. The number of ether oxygens (including phenoxy) is 1. The van der Waals surface area contributed by atoms with Crippen LogP contribution in [-0.4, -0.2) is 42.8 Å². The SMILES string of the molecule is COCCNCC(C)NCc1ccc2nc[nH]c2c1. The van der Waals surface area contributed by atoms with E-state index in [0.717, 1.165) is 37.3 Å². The molecule has 0 aliphatic heterocycles. The topological polar surface area (TPSA) is 62.0 Å². The third-order valence-electron chi connectivity index (χ3n) is 3.07. The van der Waals surface area contributed by atoms with Gasteiger partial charge in [-0.25, -0.2) is 4.98 Å². The molecular formula is C14H22N4O. The van der Waals surface area contributed by atoms with Crippen molar-refractivity contribution in [2.24, 2.45) is 0 Å². The summed E-state index contributed by atoms with van der Waals surface area (Å²) in [7, 11) is 1.72. The molecule has 104 valence electrons. The number of imidazole rings is 1. The van der Waals surface area contributed by atoms with Crippen molar-refractivity contribution < 1.29 is 4.74 Å². The van der Waals surface area contributed by atoms with Crippen LogP contribution in [0.2, 0.25) is 0 Å². The van der Waals surface area contributed by atoms with Crippen LogP contribution in [0.15, 0.2) is 24.5 Å². The second kappa shape index (κ2) is 7.23. The van der Waals surface area contributed by atoms with Crippen molar-refractivity contribution in [3.05, 3.63) is 30.1 Å². The van der Waals surface area contributed by atoms with Gasteiger partial charge in [-0.05, 0) is 24.6 Å². The predicted octanol–water partition coefficient (Wildman–Crippen LogP) is 1.28. The lowest BCUT2D eigenvalue weighted by Gasteiger charge is -2.14. The minimum Gasteiger partial charge on any atom is -0.383 e. The second-order valence-corrected chi connectivity index (χ2v) is 4.73. The van der Waals surface area contributed by atoms with Crippen molar-refractivity contribution in [2.75, 3.05) is 26.8 Å². The molecule has 5 heteroatoms. The van der Waals surface area contributed by atoms with Gasteiger partial charge in [-0.1, -0.05) is 6.07 Å². The summed E-state index contributed by atoms with van der Waals surface area (Å²) < 4.78 is 4.99. The van der Waals surface area contributed by atoms with Gasteiger partial charge in [-0.3, -0.25) is 0 Å². The van der Waals surface area contributed by atoms with E-state index in [2.05, 4.69) is 39.7 Å². The molecule has 2 aromatic rings.